The zero-order chi connectivity index (χ0) is 65.5. The summed E-state index contributed by atoms with van der Waals surface area (Å²) in [6.07, 6.45) is 36.1. The molecule has 88 heavy (non-hydrogen) atoms. The number of hydrogen-bond donors (Lipinski definition) is 5. The van der Waals surface area contributed by atoms with Gasteiger partial charge in [0.25, 0.3) is 0 Å². The number of rotatable bonds is 64. The summed E-state index contributed by atoms with van der Waals surface area (Å²) in [6.45, 7) is -0.367. The maximum Gasteiger partial charge on any atom is 0.322 e. The van der Waals surface area contributed by atoms with E-state index < -0.39 is 124 Å². The Hall–Kier alpha value is -5.42. The van der Waals surface area contributed by atoms with E-state index in [-0.39, 0.29) is 52.2 Å². The second kappa shape index (κ2) is 55.6. The summed E-state index contributed by atoms with van der Waals surface area (Å²) in [5.41, 5.74) is -1.86. The van der Waals surface area contributed by atoms with Crippen molar-refractivity contribution in [3.8, 4) is 0 Å². The van der Waals surface area contributed by atoms with E-state index in [4.69, 9.17) is 23.7 Å². The van der Waals surface area contributed by atoms with Gasteiger partial charge in [-0.25, -0.2) is 0 Å². The second-order valence-corrected chi connectivity index (χ2v) is 23.6. The van der Waals surface area contributed by atoms with Gasteiger partial charge in [0.1, 0.15) is 25.9 Å². The molecule has 0 rings (SSSR count). The molecular weight excluding hydrogens is 1140 g/mol. The van der Waals surface area contributed by atoms with E-state index in [1.165, 1.54) is 133 Å². The molecule has 0 aliphatic carbocycles. The molecule has 0 aliphatic rings. The molecular formula is C65H115N3O20. The highest BCUT2D eigenvalue weighted by Crippen LogP contribution is 2.25. The fraction of sp³-hybridized carbons (Fsp3) is 0.846. The number of carbonyl (C=O) groups is 10. The molecule has 23 nitrogen and oxygen atoms in total. The molecule has 0 saturated carbocycles. The van der Waals surface area contributed by atoms with Crippen LogP contribution in [0, 0.1) is 5.41 Å². The molecule has 510 valence electrons. The van der Waals surface area contributed by atoms with E-state index in [1.54, 1.807) is 0 Å². The summed E-state index contributed by atoms with van der Waals surface area (Å²) in [7, 11) is 0. The van der Waals surface area contributed by atoms with Crippen LogP contribution in [0.1, 0.15) is 258 Å². The first-order valence-electron chi connectivity index (χ1n) is 33.3. The molecule has 0 aromatic rings. The zero-order valence-corrected chi connectivity index (χ0v) is 54.1. The molecule has 0 amide bonds. The van der Waals surface area contributed by atoms with Crippen molar-refractivity contribution in [1.29, 1.82) is 0 Å². The van der Waals surface area contributed by atoms with Gasteiger partial charge >= 0.3 is 59.7 Å². The van der Waals surface area contributed by atoms with Gasteiger partial charge in [-0.15, -0.1) is 0 Å². The summed E-state index contributed by atoms with van der Waals surface area (Å²) >= 11 is 0. The molecule has 0 saturated heterocycles. The van der Waals surface area contributed by atoms with Crippen LogP contribution >= 0.6 is 0 Å². The highest BCUT2D eigenvalue weighted by atomic mass is 16.6. The van der Waals surface area contributed by atoms with Gasteiger partial charge in [-0.2, -0.15) is 0 Å². The molecule has 0 aliphatic heterocycles. The smallest absolute Gasteiger partial charge is 0.322 e. The van der Waals surface area contributed by atoms with Crippen LogP contribution in [-0.4, -0.2) is 191 Å². The van der Waals surface area contributed by atoms with Crippen molar-refractivity contribution < 1.29 is 97.2 Å². The van der Waals surface area contributed by atoms with Gasteiger partial charge in [0.2, 0.25) is 0 Å². The highest BCUT2D eigenvalue weighted by Gasteiger charge is 2.45. The first kappa shape index (κ1) is 82.6. The van der Waals surface area contributed by atoms with Crippen molar-refractivity contribution in [3.63, 3.8) is 0 Å². The molecule has 0 aromatic carbocycles. The lowest BCUT2D eigenvalue weighted by atomic mass is 9.91. The standard InChI is InChI=1S/C65H115N3O20/c1-4-6-8-10-12-14-16-18-19-20-21-23-25-27-29-31-35-39-61(79)88-53-65(51-86-54(3)69,52-87-60(78)38-34-30-28-26-24-22-17-15-13-11-9-7-5-2)64(83)85-45-37-33-32-36-44-84-62(80)46-55(63(81)82)68(42-40-66(47-56(70)71)48-57(72)73)43-41-67(49-58(74)75)50-59(76)77/h55H,4-53H2,1-3H3,(H,70,71)(H,72,73)(H,74,75)(H,76,77)(H,81,82). The number of hydrogen-bond acceptors (Lipinski definition) is 18. The van der Waals surface area contributed by atoms with E-state index in [0.717, 1.165) is 68.1 Å². The lowest BCUT2D eigenvalue weighted by Gasteiger charge is -2.32. The van der Waals surface area contributed by atoms with Crippen molar-refractivity contribution in [2.45, 2.75) is 264 Å². The predicted octanol–water partition coefficient (Wildman–Crippen LogP) is 10.9. The molecule has 0 spiro atoms. The van der Waals surface area contributed by atoms with Crippen LogP contribution in [0.3, 0.4) is 0 Å². The minimum absolute atomic E-state index is 0.111. The van der Waals surface area contributed by atoms with Crippen LogP contribution in [0.15, 0.2) is 0 Å². The number of carboxylic acids is 5. The Morgan fingerprint density at radius 3 is 0.955 bits per heavy atom. The third-order valence-corrected chi connectivity index (χ3v) is 15.4. The first-order chi connectivity index (χ1) is 42.2. The molecule has 2 unspecified atom stereocenters. The van der Waals surface area contributed by atoms with Crippen LogP contribution in [0.2, 0.25) is 0 Å². The van der Waals surface area contributed by atoms with Gasteiger partial charge in [-0.3, -0.25) is 62.6 Å². The largest absolute Gasteiger partial charge is 0.480 e. The monoisotopic (exact) mass is 1260 g/mol. The molecule has 2 atom stereocenters. The van der Waals surface area contributed by atoms with Crippen molar-refractivity contribution >= 4 is 59.7 Å². The number of carboxylic acid groups (broad SMARTS) is 5. The van der Waals surface area contributed by atoms with E-state index in [9.17, 15) is 73.5 Å². The van der Waals surface area contributed by atoms with Crippen LogP contribution in [-0.2, 0) is 71.6 Å². The van der Waals surface area contributed by atoms with Crippen molar-refractivity contribution in [1.82, 2.24) is 14.7 Å². The van der Waals surface area contributed by atoms with E-state index in [0.29, 0.717) is 38.5 Å². The van der Waals surface area contributed by atoms with Crippen molar-refractivity contribution in [2.75, 3.05) is 85.4 Å². The number of nitrogens with zero attached hydrogens (tertiary/aromatic N) is 3. The van der Waals surface area contributed by atoms with Crippen molar-refractivity contribution in [2.24, 2.45) is 5.41 Å². The average molecular weight is 1260 g/mol. The number of carbonyl (C=O) groups excluding carboxylic acids is 5. The topological polar surface area (TPSA) is 328 Å². The van der Waals surface area contributed by atoms with Crippen LogP contribution in [0.5, 0.6) is 0 Å². The van der Waals surface area contributed by atoms with E-state index in [2.05, 4.69) is 13.8 Å². The Balaban J connectivity index is 5.57. The summed E-state index contributed by atoms with van der Waals surface area (Å²) in [6, 6.07) is -1.62. The predicted molar refractivity (Wildman–Crippen MR) is 331 cm³/mol. The van der Waals surface area contributed by atoms with Gasteiger partial charge in [-0.1, -0.05) is 194 Å². The maximum atomic E-state index is 14.0. The second-order valence-electron chi connectivity index (χ2n) is 23.6. The fourth-order valence-corrected chi connectivity index (χ4v) is 10.2. The summed E-state index contributed by atoms with van der Waals surface area (Å²) in [5, 5.41) is 47.4. The molecule has 5 N–H and O–H groups in total. The van der Waals surface area contributed by atoms with Gasteiger partial charge in [0, 0.05) is 45.9 Å². The Kier molecular flexibility index (Phi) is 52.2. The van der Waals surface area contributed by atoms with Crippen LogP contribution in [0.25, 0.3) is 0 Å². The molecule has 23 heteroatoms. The highest BCUT2D eigenvalue weighted by molar-refractivity contribution is 5.82. The fourth-order valence-electron chi connectivity index (χ4n) is 10.2. The number of aliphatic carboxylic acids is 5. The summed E-state index contributed by atoms with van der Waals surface area (Å²) in [4.78, 5) is 127. The molecule has 0 bridgehead atoms. The normalized spacial score (nSPS) is 12.4. The number of unbranched alkanes of at least 4 members (excludes halogenated alkanes) is 31. The molecule has 0 heterocycles. The van der Waals surface area contributed by atoms with Gasteiger partial charge in [0.05, 0.1) is 45.8 Å². The minimum Gasteiger partial charge on any atom is -0.480 e. The first-order valence-corrected chi connectivity index (χ1v) is 33.3. The Bertz CT molecular complexity index is 1850. The van der Waals surface area contributed by atoms with Crippen LogP contribution in [0.4, 0.5) is 0 Å². The quantitative estimate of drug-likeness (QED) is 0.0215. The minimum atomic E-state index is -1.86. The van der Waals surface area contributed by atoms with Gasteiger partial charge < -0.3 is 49.2 Å². The van der Waals surface area contributed by atoms with Gasteiger partial charge in [0.15, 0.2) is 5.41 Å². The van der Waals surface area contributed by atoms with Crippen LogP contribution < -0.4 is 0 Å². The Morgan fingerprint density at radius 1 is 0.352 bits per heavy atom. The third kappa shape index (κ3) is 49.5. The lowest BCUT2D eigenvalue weighted by Crippen LogP contribution is -2.50. The molecule has 0 aromatic heterocycles. The van der Waals surface area contributed by atoms with E-state index >= 15 is 0 Å². The maximum absolute atomic E-state index is 14.0. The SMILES string of the molecule is CCCCCCCCCCCCCCCCCCCC(=O)OCC(COC(C)=O)(COC(=O)CCCCCCCCCCCCCCC)C(=O)OCCCCCCOC(=O)CC(C(=O)O)N(CCN(CC(=O)O)CC(=O)O)CCN(CC(=O)O)CC(=O)O. The van der Waals surface area contributed by atoms with Gasteiger partial charge in [-0.05, 0) is 38.5 Å². The third-order valence-electron chi connectivity index (χ3n) is 15.4. The average Bonchev–Trinajstić information content (AvgIpc) is 3.10. The molecule has 0 fully saturated rings. The zero-order valence-electron chi connectivity index (χ0n) is 54.1. The molecule has 0 radical (unpaired) electrons. The van der Waals surface area contributed by atoms with Crippen molar-refractivity contribution in [3.05, 3.63) is 0 Å². The Labute approximate surface area is 525 Å². The van der Waals surface area contributed by atoms with E-state index in [1.807, 2.05) is 0 Å². The number of ether oxygens (including phenoxy) is 5. The Morgan fingerprint density at radius 2 is 0.648 bits per heavy atom. The number of esters is 5. The lowest BCUT2D eigenvalue weighted by molar-refractivity contribution is -0.179. The summed E-state index contributed by atoms with van der Waals surface area (Å²) in [5.74, 6) is -10.6. The summed E-state index contributed by atoms with van der Waals surface area (Å²) < 4.78 is 27.7.